The van der Waals surface area contributed by atoms with Gasteiger partial charge in [-0.05, 0) is 59.6 Å². The Morgan fingerprint density at radius 2 is 1.81 bits per heavy atom. The van der Waals surface area contributed by atoms with Crippen LogP contribution in [0.4, 0.5) is 4.79 Å². The van der Waals surface area contributed by atoms with E-state index in [0.717, 1.165) is 11.1 Å². The molecule has 7 nitrogen and oxygen atoms in total. The number of carbonyl (C=O) groups is 3. The van der Waals surface area contributed by atoms with Crippen molar-refractivity contribution in [3.05, 3.63) is 47.5 Å². The van der Waals surface area contributed by atoms with Crippen molar-refractivity contribution in [1.29, 1.82) is 0 Å². The average molecular weight is 464 g/mol. The zero-order valence-electron chi connectivity index (χ0n) is 20.2. The molecule has 2 unspecified atom stereocenters. The number of nitrogens with zero attached hydrogens (tertiary/aromatic N) is 1. The van der Waals surface area contributed by atoms with Gasteiger partial charge in [0.1, 0.15) is 17.7 Å². The quantitative estimate of drug-likeness (QED) is 0.385. The highest BCUT2D eigenvalue weighted by Gasteiger charge is 2.36. The predicted molar refractivity (Wildman–Crippen MR) is 131 cm³/mol. The summed E-state index contributed by atoms with van der Waals surface area (Å²) in [5.74, 6) is -0.716. The van der Waals surface area contributed by atoms with Crippen LogP contribution in [-0.4, -0.2) is 52.8 Å². The van der Waals surface area contributed by atoms with Crippen molar-refractivity contribution in [3.63, 3.8) is 0 Å². The second kappa shape index (κ2) is 11.9. The van der Waals surface area contributed by atoms with Crippen LogP contribution in [0.3, 0.4) is 0 Å². The van der Waals surface area contributed by atoms with Crippen molar-refractivity contribution in [2.45, 2.75) is 72.2 Å². The lowest BCUT2D eigenvalue weighted by Gasteiger charge is -2.34. The molecule has 1 aromatic carbocycles. The molecule has 0 heterocycles. The average Bonchev–Trinajstić information content (AvgIpc) is 2.65. The number of rotatable bonds is 9. The summed E-state index contributed by atoms with van der Waals surface area (Å²) >= 11 is 4.26. The van der Waals surface area contributed by atoms with Crippen LogP contribution in [0, 0.1) is 13.8 Å². The number of ether oxygens (including phenoxy) is 1. The van der Waals surface area contributed by atoms with Gasteiger partial charge in [0, 0.05) is 18.3 Å². The van der Waals surface area contributed by atoms with Gasteiger partial charge in [-0.3, -0.25) is 9.59 Å². The maximum atomic E-state index is 13.5. The first-order valence-electron chi connectivity index (χ1n) is 10.7. The third-order valence-electron chi connectivity index (χ3n) is 4.50. The minimum Gasteiger partial charge on any atom is -0.444 e. The summed E-state index contributed by atoms with van der Waals surface area (Å²) in [4.78, 5) is 40.5. The molecule has 0 fully saturated rings. The molecule has 0 saturated heterocycles. The number of hydrogen-bond donors (Lipinski definition) is 3. The molecule has 0 aliphatic rings. The number of carbonyl (C=O) groups excluding carboxylic acids is 3. The van der Waals surface area contributed by atoms with E-state index in [1.165, 1.54) is 4.90 Å². The van der Waals surface area contributed by atoms with E-state index in [9.17, 15) is 14.4 Å². The van der Waals surface area contributed by atoms with Crippen molar-refractivity contribution in [3.8, 4) is 0 Å². The van der Waals surface area contributed by atoms with E-state index in [1.54, 1.807) is 26.8 Å². The third-order valence-corrected chi connectivity index (χ3v) is 4.87. The molecule has 8 heteroatoms. The molecule has 178 valence electrons. The number of benzene rings is 1. The Morgan fingerprint density at radius 1 is 1.19 bits per heavy atom. The van der Waals surface area contributed by atoms with Crippen LogP contribution in [0.2, 0.25) is 0 Å². The van der Waals surface area contributed by atoms with Crippen LogP contribution in [0.5, 0.6) is 0 Å². The van der Waals surface area contributed by atoms with Crippen LogP contribution in [0.25, 0.3) is 0 Å². The van der Waals surface area contributed by atoms with E-state index in [4.69, 9.17) is 4.74 Å². The van der Waals surface area contributed by atoms with Gasteiger partial charge in [-0.1, -0.05) is 29.8 Å². The first kappa shape index (κ1) is 27.6. The molecule has 0 radical (unpaired) electrons. The summed E-state index contributed by atoms with van der Waals surface area (Å²) in [6.45, 7) is 16.6. The topological polar surface area (TPSA) is 87.7 Å². The smallest absolute Gasteiger partial charge is 0.408 e. The number of thiol groups is 1. The summed E-state index contributed by atoms with van der Waals surface area (Å²) in [5, 5.41) is 5.49. The first-order valence-corrected chi connectivity index (χ1v) is 11.3. The number of hydrogen-bond acceptors (Lipinski definition) is 5. The van der Waals surface area contributed by atoms with Crippen LogP contribution >= 0.6 is 12.6 Å². The molecule has 0 spiro atoms. The van der Waals surface area contributed by atoms with Gasteiger partial charge in [-0.25, -0.2) is 4.79 Å². The van der Waals surface area contributed by atoms with E-state index < -0.39 is 29.7 Å². The van der Waals surface area contributed by atoms with Crippen molar-refractivity contribution < 1.29 is 19.1 Å². The molecule has 0 aromatic heterocycles. The molecule has 3 amide bonds. The van der Waals surface area contributed by atoms with Gasteiger partial charge in [-0.15, -0.1) is 6.58 Å². The minimum atomic E-state index is -0.979. The standard InChI is InChI=1S/C24H37N3O4S/c1-9-12-27(22(29)19(14-32)26-23(30)31-24(6,7)8)20(21(28)25-15(2)3)18-13-16(4)10-11-17(18)5/h9-11,13,15,19-20,32H,1,12,14H2,2-8H3,(H,25,28)(H,26,30). The van der Waals surface area contributed by atoms with Crippen LogP contribution in [0.1, 0.15) is 57.4 Å². The summed E-state index contributed by atoms with van der Waals surface area (Å²) < 4.78 is 5.29. The van der Waals surface area contributed by atoms with Gasteiger partial charge < -0.3 is 20.3 Å². The molecular formula is C24H37N3O4S. The van der Waals surface area contributed by atoms with E-state index in [-0.39, 0.29) is 24.2 Å². The van der Waals surface area contributed by atoms with E-state index in [0.29, 0.717) is 5.56 Å². The summed E-state index contributed by atoms with van der Waals surface area (Å²) in [5.41, 5.74) is 1.85. The van der Waals surface area contributed by atoms with Crippen LogP contribution < -0.4 is 10.6 Å². The Morgan fingerprint density at radius 3 is 2.31 bits per heavy atom. The Bertz CT molecular complexity index is 833. The highest BCUT2D eigenvalue weighted by atomic mass is 32.1. The zero-order chi connectivity index (χ0) is 24.6. The lowest BCUT2D eigenvalue weighted by molar-refractivity contribution is -0.141. The van der Waals surface area contributed by atoms with Gasteiger partial charge in [0.25, 0.3) is 0 Å². The predicted octanol–water partition coefficient (Wildman–Crippen LogP) is 3.71. The molecule has 1 aromatic rings. The van der Waals surface area contributed by atoms with Crippen molar-refractivity contribution in [2.24, 2.45) is 0 Å². The number of amides is 3. The Kier molecular flexibility index (Phi) is 10.3. The SMILES string of the molecule is C=CCN(C(=O)C(CS)NC(=O)OC(C)(C)C)C(C(=O)NC(C)C)c1cc(C)ccc1C. The van der Waals surface area contributed by atoms with Crippen LogP contribution in [0.15, 0.2) is 30.9 Å². The maximum Gasteiger partial charge on any atom is 0.408 e. The molecule has 0 saturated carbocycles. The molecule has 2 atom stereocenters. The van der Waals surface area contributed by atoms with Crippen molar-refractivity contribution >= 4 is 30.5 Å². The fourth-order valence-corrected chi connectivity index (χ4v) is 3.41. The summed E-state index contributed by atoms with van der Waals surface area (Å²) in [6.07, 6.45) is 0.834. The number of alkyl carbamates (subject to hydrolysis) is 1. The number of aryl methyl sites for hydroxylation is 2. The fraction of sp³-hybridized carbons (Fsp3) is 0.542. The van der Waals surface area contributed by atoms with E-state index in [1.807, 2.05) is 45.9 Å². The van der Waals surface area contributed by atoms with E-state index >= 15 is 0 Å². The third kappa shape index (κ3) is 8.22. The number of nitrogens with one attached hydrogen (secondary N) is 2. The molecule has 0 aliphatic heterocycles. The Labute approximate surface area is 197 Å². The fourth-order valence-electron chi connectivity index (χ4n) is 3.17. The molecule has 0 bridgehead atoms. The molecule has 2 N–H and O–H groups in total. The normalized spacial score (nSPS) is 13.2. The highest BCUT2D eigenvalue weighted by Crippen LogP contribution is 2.27. The van der Waals surface area contributed by atoms with Gasteiger partial charge in [-0.2, -0.15) is 12.6 Å². The van der Waals surface area contributed by atoms with E-state index in [2.05, 4.69) is 29.8 Å². The largest absolute Gasteiger partial charge is 0.444 e. The monoisotopic (exact) mass is 463 g/mol. The molecular weight excluding hydrogens is 426 g/mol. The highest BCUT2D eigenvalue weighted by molar-refractivity contribution is 7.80. The van der Waals surface area contributed by atoms with Crippen molar-refractivity contribution in [2.75, 3.05) is 12.3 Å². The lowest BCUT2D eigenvalue weighted by atomic mass is 9.96. The van der Waals surface area contributed by atoms with Crippen molar-refractivity contribution in [1.82, 2.24) is 15.5 Å². The molecule has 32 heavy (non-hydrogen) atoms. The zero-order valence-corrected chi connectivity index (χ0v) is 21.1. The second-order valence-corrected chi connectivity index (χ2v) is 9.45. The Hall–Kier alpha value is -2.48. The van der Waals surface area contributed by atoms with Gasteiger partial charge in [0.05, 0.1) is 0 Å². The second-order valence-electron chi connectivity index (χ2n) is 9.09. The van der Waals surface area contributed by atoms with Gasteiger partial charge in [0.15, 0.2) is 0 Å². The summed E-state index contributed by atoms with van der Waals surface area (Å²) in [6, 6.07) is 3.79. The van der Waals surface area contributed by atoms with Crippen LogP contribution in [-0.2, 0) is 14.3 Å². The van der Waals surface area contributed by atoms with Gasteiger partial charge in [0.2, 0.25) is 11.8 Å². The molecule has 1 rings (SSSR count). The minimum absolute atomic E-state index is 0.0387. The van der Waals surface area contributed by atoms with Gasteiger partial charge >= 0.3 is 6.09 Å². The summed E-state index contributed by atoms with van der Waals surface area (Å²) in [7, 11) is 0. The Balaban J connectivity index is 3.41. The molecule has 0 aliphatic carbocycles. The lowest BCUT2D eigenvalue weighted by Crippen LogP contribution is -2.54. The first-order chi connectivity index (χ1) is 14.8. The maximum absolute atomic E-state index is 13.5.